The molecule has 0 fully saturated rings. The van der Waals surface area contributed by atoms with Gasteiger partial charge in [-0.25, -0.2) is 0 Å². The second-order valence-electron chi connectivity index (χ2n) is 3.72. The summed E-state index contributed by atoms with van der Waals surface area (Å²) < 4.78 is 0.817. The van der Waals surface area contributed by atoms with Crippen molar-refractivity contribution in [3.8, 4) is 0 Å². The molecule has 4 nitrogen and oxygen atoms in total. The van der Waals surface area contributed by atoms with Crippen LogP contribution in [0.4, 0.5) is 0 Å². The molecule has 2 aromatic rings. The molecule has 0 spiro atoms. The fourth-order valence-electron chi connectivity index (χ4n) is 1.67. The van der Waals surface area contributed by atoms with Gasteiger partial charge >= 0.3 is 5.97 Å². The van der Waals surface area contributed by atoms with Crippen LogP contribution in [0.3, 0.4) is 0 Å². The standard InChI is InChI=1S/C12H10BrNO3/c13-9-3-1-2-7-6-8(4-5-10(15)16)12(17)14-11(7)9/h1-3,6H,4-5H2,(H,14,17)(H,15,16). The van der Waals surface area contributed by atoms with Gasteiger partial charge in [0.15, 0.2) is 0 Å². The number of rotatable bonds is 3. The summed E-state index contributed by atoms with van der Waals surface area (Å²) >= 11 is 3.35. The molecule has 17 heavy (non-hydrogen) atoms. The van der Waals surface area contributed by atoms with Crippen molar-refractivity contribution < 1.29 is 9.90 Å². The molecule has 5 heteroatoms. The number of carboxylic acid groups (broad SMARTS) is 1. The van der Waals surface area contributed by atoms with Crippen molar-refractivity contribution in [2.45, 2.75) is 12.8 Å². The van der Waals surface area contributed by atoms with E-state index in [1.165, 1.54) is 0 Å². The number of hydrogen-bond donors (Lipinski definition) is 2. The average Bonchev–Trinajstić information content (AvgIpc) is 2.28. The zero-order valence-corrected chi connectivity index (χ0v) is 10.5. The summed E-state index contributed by atoms with van der Waals surface area (Å²) in [5, 5.41) is 9.49. The van der Waals surface area contributed by atoms with E-state index in [0.717, 1.165) is 15.4 Å². The summed E-state index contributed by atoms with van der Waals surface area (Å²) in [4.78, 5) is 25.0. The second-order valence-corrected chi connectivity index (χ2v) is 4.58. The van der Waals surface area contributed by atoms with Crippen LogP contribution in [-0.2, 0) is 11.2 Å². The fraction of sp³-hybridized carbons (Fsp3) is 0.167. The number of fused-ring (bicyclic) bond motifs is 1. The Morgan fingerprint density at radius 3 is 2.88 bits per heavy atom. The van der Waals surface area contributed by atoms with Crippen molar-refractivity contribution in [3.63, 3.8) is 0 Å². The number of hydrogen-bond acceptors (Lipinski definition) is 2. The van der Waals surface area contributed by atoms with Gasteiger partial charge in [0.1, 0.15) is 0 Å². The van der Waals surface area contributed by atoms with Crippen molar-refractivity contribution in [1.82, 2.24) is 4.98 Å². The number of nitrogens with one attached hydrogen (secondary N) is 1. The maximum atomic E-state index is 11.7. The molecule has 0 atom stereocenters. The van der Waals surface area contributed by atoms with Crippen LogP contribution in [0.25, 0.3) is 10.9 Å². The van der Waals surface area contributed by atoms with E-state index in [4.69, 9.17) is 5.11 Å². The highest BCUT2D eigenvalue weighted by Crippen LogP contribution is 2.21. The Hall–Kier alpha value is -1.62. The maximum Gasteiger partial charge on any atom is 0.303 e. The molecular weight excluding hydrogens is 286 g/mol. The third-order valence-corrected chi connectivity index (χ3v) is 3.17. The van der Waals surface area contributed by atoms with Crippen LogP contribution in [0.5, 0.6) is 0 Å². The lowest BCUT2D eigenvalue weighted by atomic mass is 10.1. The molecule has 88 valence electrons. The molecule has 0 saturated heterocycles. The molecule has 0 aliphatic rings. The van der Waals surface area contributed by atoms with E-state index in [1.54, 1.807) is 6.07 Å². The fourth-order valence-corrected chi connectivity index (χ4v) is 2.15. The van der Waals surface area contributed by atoms with Crippen molar-refractivity contribution in [1.29, 1.82) is 0 Å². The maximum absolute atomic E-state index is 11.7. The number of benzene rings is 1. The Balaban J connectivity index is 2.49. The van der Waals surface area contributed by atoms with Gasteiger partial charge in [0.05, 0.1) is 5.52 Å². The monoisotopic (exact) mass is 295 g/mol. The van der Waals surface area contributed by atoms with Gasteiger partial charge in [0.2, 0.25) is 0 Å². The first kappa shape index (κ1) is 11.9. The topological polar surface area (TPSA) is 70.2 Å². The minimum Gasteiger partial charge on any atom is -0.481 e. The number of aromatic nitrogens is 1. The van der Waals surface area contributed by atoms with Crippen LogP contribution in [-0.4, -0.2) is 16.1 Å². The SMILES string of the molecule is O=C(O)CCc1cc2cccc(Br)c2[nH]c1=O. The summed E-state index contributed by atoms with van der Waals surface area (Å²) in [5.74, 6) is -0.904. The minimum absolute atomic E-state index is 0.0391. The van der Waals surface area contributed by atoms with Crippen LogP contribution < -0.4 is 5.56 Å². The number of carboxylic acids is 1. The molecule has 1 aromatic carbocycles. The zero-order chi connectivity index (χ0) is 12.4. The summed E-state index contributed by atoms with van der Waals surface area (Å²) in [6.07, 6.45) is 0.204. The summed E-state index contributed by atoms with van der Waals surface area (Å²) in [7, 11) is 0. The highest BCUT2D eigenvalue weighted by atomic mass is 79.9. The van der Waals surface area contributed by atoms with Gasteiger partial charge in [-0.15, -0.1) is 0 Å². The first-order valence-corrected chi connectivity index (χ1v) is 5.89. The van der Waals surface area contributed by atoms with Gasteiger partial charge in [-0.05, 0) is 39.9 Å². The van der Waals surface area contributed by atoms with Gasteiger partial charge in [-0.1, -0.05) is 12.1 Å². The van der Waals surface area contributed by atoms with E-state index in [-0.39, 0.29) is 18.4 Å². The average molecular weight is 296 g/mol. The molecule has 1 aromatic heterocycles. The molecule has 2 rings (SSSR count). The summed E-state index contributed by atoms with van der Waals surface area (Å²) in [5.41, 5.74) is 1.00. The first-order chi connectivity index (χ1) is 8.08. The van der Waals surface area contributed by atoms with Gasteiger partial charge < -0.3 is 10.1 Å². The van der Waals surface area contributed by atoms with E-state index in [9.17, 15) is 9.59 Å². The van der Waals surface area contributed by atoms with Crippen LogP contribution in [0.2, 0.25) is 0 Å². The highest BCUT2D eigenvalue weighted by Gasteiger charge is 2.06. The number of H-pyrrole nitrogens is 1. The third-order valence-electron chi connectivity index (χ3n) is 2.51. The number of carbonyl (C=O) groups is 1. The minimum atomic E-state index is -0.904. The number of aliphatic carboxylic acids is 1. The predicted molar refractivity (Wildman–Crippen MR) is 68.2 cm³/mol. The van der Waals surface area contributed by atoms with Crippen LogP contribution in [0, 0.1) is 0 Å². The quantitative estimate of drug-likeness (QED) is 0.913. The third kappa shape index (κ3) is 2.55. The molecule has 0 unspecified atom stereocenters. The Morgan fingerprint density at radius 2 is 2.18 bits per heavy atom. The lowest BCUT2D eigenvalue weighted by Crippen LogP contribution is -2.13. The zero-order valence-electron chi connectivity index (χ0n) is 8.87. The molecule has 1 heterocycles. The molecule has 0 bridgehead atoms. The van der Waals surface area contributed by atoms with Crippen molar-refractivity contribution >= 4 is 32.8 Å². The Morgan fingerprint density at radius 1 is 1.41 bits per heavy atom. The largest absolute Gasteiger partial charge is 0.481 e. The van der Waals surface area contributed by atoms with Crippen molar-refractivity contribution in [2.75, 3.05) is 0 Å². The number of halogens is 1. The number of aromatic amines is 1. The summed E-state index contributed by atoms with van der Waals surface area (Å²) in [6.45, 7) is 0. The van der Waals surface area contributed by atoms with Gasteiger partial charge in [-0.3, -0.25) is 9.59 Å². The van der Waals surface area contributed by atoms with Crippen LogP contribution in [0.15, 0.2) is 33.5 Å². The first-order valence-electron chi connectivity index (χ1n) is 5.10. The van der Waals surface area contributed by atoms with E-state index in [2.05, 4.69) is 20.9 Å². The van der Waals surface area contributed by atoms with E-state index >= 15 is 0 Å². The molecule has 0 saturated carbocycles. The number of para-hydroxylation sites is 1. The Bertz CT molecular complexity index is 633. The molecule has 0 aliphatic heterocycles. The summed E-state index contributed by atoms with van der Waals surface area (Å²) in [6, 6.07) is 7.32. The highest BCUT2D eigenvalue weighted by molar-refractivity contribution is 9.10. The molecule has 0 amide bonds. The predicted octanol–water partition coefficient (Wildman–Crippen LogP) is 2.31. The molecule has 0 radical (unpaired) electrons. The number of aryl methyl sites for hydroxylation is 1. The van der Waals surface area contributed by atoms with E-state index in [0.29, 0.717) is 5.56 Å². The normalized spacial score (nSPS) is 10.6. The van der Waals surface area contributed by atoms with Gasteiger partial charge in [-0.2, -0.15) is 0 Å². The smallest absolute Gasteiger partial charge is 0.303 e. The Kier molecular flexibility index (Phi) is 3.28. The molecular formula is C12H10BrNO3. The Labute approximate surface area is 105 Å². The molecule has 2 N–H and O–H groups in total. The van der Waals surface area contributed by atoms with Gasteiger partial charge in [0.25, 0.3) is 5.56 Å². The van der Waals surface area contributed by atoms with Crippen molar-refractivity contribution in [3.05, 3.63) is 44.7 Å². The van der Waals surface area contributed by atoms with Gasteiger partial charge in [0, 0.05) is 16.5 Å². The van der Waals surface area contributed by atoms with E-state index in [1.807, 2.05) is 18.2 Å². The lowest BCUT2D eigenvalue weighted by molar-refractivity contribution is -0.136. The van der Waals surface area contributed by atoms with E-state index < -0.39 is 5.97 Å². The lowest BCUT2D eigenvalue weighted by Gasteiger charge is -2.03. The second kappa shape index (κ2) is 4.71. The van der Waals surface area contributed by atoms with Crippen LogP contribution >= 0.6 is 15.9 Å². The van der Waals surface area contributed by atoms with Crippen LogP contribution in [0.1, 0.15) is 12.0 Å². The molecule has 0 aliphatic carbocycles. The number of pyridine rings is 1. The van der Waals surface area contributed by atoms with Crippen molar-refractivity contribution in [2.24, 2.45) is 0 Å².